The van der Waals surface area contributed by atoms with Crippen LogP contribution >= 0.6 is 0 Å². The van der Waals surface area contributed by atoms with Crippen molar-refractivity contribution in [1.82, 2.24) is 10.2 Å². The Kier molecular flexibility index (Phi) is 7.15. The molecular formula is C28H34N2O5. The minimum atomic E-state index is -1.12. The molecule has 0 aromatic heterocycles. The van der Waals surface area contributed by atoms with Crippen LogP contribution in [-0.4, -0.2) is 52.7 Å². The second-order valence-electron chi connectivity index (χ2n) is 9.94. The van der Waals surface area contributed by atoms with Gasteiger partial charge in [-0.2, -0.15) is 0 Å². The van der Waals surface area contributed by atoms with Crippen LogP contribution in [-0.2, 0) is 14.3 Å². The highest BCUT2D eigenvalue weighted by molar-refractivity contribution is 5.90. The number of piperidine rings is 1. The number of nitrogens with one attached hydrogen (secondary N) is 1. The maximum Gasteiger partial charge on any atom is 0.408 e. The summed E-state index contributed by atoms with van der Waals surface area (Å²) in [6.07, 6.45) is 1.37. The fourth-order valence-electron chi connectivity index (χ4n) is 5.60. The number of aliphatic carboxylic acids is 1. The number of nitrogens with zero attached hydrogens (tertiary/aromatic N) is 1. The number of rotatable bonds is 7. The monoisotopic (exact) mass is 478 g/mol. The average Bonchev–Trinajstić information content (AvgIpc) is 3.16. The van der Waals surface area contributed by atoms with Gasteiger partial charge < -0.3 is 20.1 Å². The maximum absolute atomic E-state index is 13.5. The molecule has 0 bridgehead atoms. The molecule has 7 nitrogen and oxygen atoms in total. The zero-order valence-corrected chi connectivity index (χ0v) is 20.6. The van der Waals surface area contributed by atoms with Gasteiger partial charge in [-0.15, -0.1) is 0 Å². The third kappa shape index (κ3) is 4.90. The van der Waals surface area contributed by atoms with Crippen molar-refractivity contribution in [3.8, 4) is 11.1 Å². The Balaban J connectivity index is 1.44. The van der Waals surface area contributed by atoms with E-state index in [9.17, 15) is 19.5 Å². The summed E-state index contributed by atoms with van der Waals surface area (Å²) in [4.78, 5) is 39.6. The first-order valence-corrected chi connectivity index (χ1v) is 12.4. The molecule has 1 heterocycles. The number of benzene rings is 2. The molecule has 1 unspecified atom stereocenters. The van der Waals surface area contributed by atoms with Gasteiger partial charge in [0.1, 0.15) is 12.1 Å². The molecule has 2 aromatic rings. The lowest BCUT2D eigenvalue weighted by atomic mass is 9.88. The minimum Gasteiger partial charge on any atom is -0.481 e. The normalized spacial score (nSPS) is 20.9. The number of fused-ring (bicyclic) bond motifs is 3. The third-order valence-electron chi connectivity index (χ3n) is 7.43. The molecule has 1 fully saturated rings. The summed E-state index contributed by atoms with van der Waals surface area (Å²) in [5.41, 5.74) is 3.44. The zero-order chi connectivity index (χ0) is 25.2. The molecule has 0 radical (unpaired) electrons. The molecule has 7 heteroatoms. The molecule has 2 aliphatic rings. The van der Waals surface area contributed by atoms with E-state index in [1.807, 2.05) is 38.1 Å². The molecule has 2 amide bonds. The van der Waals surface area contributed by atoms with Crippen LogP contribution in [0.2, 0.25) is 0 Å². The molecule has 3 atom stereocenters. The molecule has 0 spiro atoms. The second kappa shape index (κ2) is 10.1. The van der Waals surface area contributed by atoms with Crippen molar-refractivity contribution >= 4 is 18.0 Å². The maximum atomic E-state index is 13.5. The highest BCUT2D eigenvalue weighted by atomic mass is 16.5. The van der Waals surface area contributed by atoms with Gasteiger partial charge in [0.25, 0.3) is 0 Å². The van der Waals surface area contributed by atoms with Crippen molar-refractivity contribution < 1.29 is 24.2 Å². The number of alkyl carbamates (subject to hydrolysis) is 1. The Hall–Kier alpha value is -3.35. The van der Waals surface area contributed by atoms with Gasteiger partial charge in [-0.3, -0.25) is 9.59 Å². The van der Waals surface area contributed by atoms with Crippen molar-refractivity contribution in [2.75, 3.05) is 13.2 Å². The van der Waals surface area contributed by atoms with Crippen LogP contribution in [0, 0.1) is 5.92 Å². The average molecular weight is 479 g/mol. The molecule has 1 aliphatic carbocycles. The smallest absolute Gasteiger partial charge is 0.408 e. The van der Waals surface area contributed by atoms with Gasteiger partial charge in [0.15, 0.2) is 0 Å². The van der Waals surface area contributed by atoms with Crippen LogP contribution in [0.1, 0.15) is 63.5 Å². The van der Waals surface area contributed by atoms with Gasteiger partial charge in [0, 0.05) is 18.5 Å². The lowest BCUT2D eigenvalue weighted by Gasteiger charge is -2.41. The summed E-state index contributed by atoms with van der Waals surface area (Å²) in [5, 5.41) is 12.2. The summed E-state index contributed by atoms with van der Waals surface area (Å²) in [6, 6.07) is 16.1. The van der Waals surface area contributed by atoms with Gasteiger partial charge in [-0.05, 0) is 55.4 Å². The molecule has 2 N–H and O–H groups in total. The van der Waals surface area contributed by atoms with E-state index < -0.39 is 23.5 Å². The van der Waals surface area contributed by atoms with Crippen LogP contribution in [0.15, 0.2) is 48.5 Å². The first-order valence-electron chi connectivity index (χ1n) is 12.4. The molecule has 1 saturated heterocycles. The van der Waals surface area contributed by atoms with E-state index >= 15 is 0 Å². The molecule has 1 aliphatic heterocycles. The lowest BCUT2D eigenvalue weighted by molar-refractivity contribution is -0.149. The number of carbonyl (C=O) groups excluding carboxylic acids is 2. The topological polar surface area (TPSA) is 95.9 Å². The summed E-state index contributed by atoms with van der Waals surface area (Å²) in [6.45, 7) is 6.10. The predicted molar refractivity (Wildman–Crippen MR) is 133 cm³/mol. The van der Waals surface area contributed by atoms with E-state index in [-0.39, 0.29) is 24.5 Å². The zero-order valence-electron chi connectivity index (χ0n) is 20.6. The first kappa shape index (κ1) is 24.8. The highest BCUT2D eigenvalue weighted by Gasteiger charge is 2.42. The van der Waals surface area contributed by atoms with Gasteiger partial charge >= 0.3 is 12.1 Å². The van der Waals surface area contributed by atoms with Crippen molar-refractivity contribution in [2.24, 2.45) is 5.92 Å². The Bertz CT molecular complexity index is 1070. The fourth-order valence-corrected chi connectivity index (χ4v) is 5.60. The van der Waals surface area contributed by atoms with Crippen molar-refractivity contribution in [3.63, 3.8) is 0 Å². The van der Waals surface area contributed by atoms with E-state index in [0.29, 0.717) is 32.2 Å². The standard InChI is InChI=1S/C28H34N2O5/c1-4-14-28(3,26(33)30-15-13-19(25(31)32)16-18(30)2)29-27(34)35-17-24-22-11-7-5-9-20(22)21-10-6-8-12-23(21)24/h5-12,18-19,24H,4,13-17H2,1-3H3,(H,29,34)(H,31,32)/t18-,19-,28?/m0/s1. The third-order valence-corrected chi connectivity index (χ3v) is 7.43. The number of ether oxygens (including phenoxy) is 1. The van der Waals surface area contributed by atoms with Crippen molar-refractivity contribution in [3.05, 3.63) is 59.7 Å². The Morgan fingerprint density at radius 3 is 2.23 bits per heavy atom. The number of carbonyl (C=O) groups is 3. The molecule has 4 rings (SSSR count). The summed E-state index contributed by atoms with van der Waals surface area (Å²) in [7, 11) is 0. The van der Waals surface area contributed by atoms with Gasteiger partial charge in [-0.1, -0.05) is 61.9 Å². The number of carboxylic acid groups (broad SMARTS) is 1. The number of hydrogen-bond acceptors (Lipinski definition) is 4. The molecule has 0 saturated carbocycles. The Morgan fingerprint density at radius 1 is 1.09 bits per heavy atom. The van der Waals surface area contributed by atoms with E-state index in [4.69, 9.17) is 4.74 Å². The molecular weight excluding hydrogens is 444 g/mol. The molecule has 186 valence electrons. The Labute approximate surface area is 206 Å². The van der Waals surface area contributed by atoms with Crippen LogP contribution in [0.3, 0.4) is 0 Å². The quantitative estimate of drug-likeness (QED) is 0.596. The van der Waals surface area contributed by atoms with Crippen LogP contribution < -0.4 is 5.32 Å². The number of carboxylic acids is 1. The second-order valence-corrected chi connectivity index (χ2v) is 9.94. The van der Waals surface area contributed by atoms with Crippen molar-refractivity contribution in [2.45, 2.75) is 64.0 Å². The minimum absolute atomic E-state index is 0.0589. The van der Waals surface area contributed by atoms with E-state index in [1.54, 1.807) is 11.8 Å². The number of likely N-dealkylation sites (tertiary alicyclic amines) is 1. The van der Waals surface area contributed by atoms with Gasteiger partial charge in [0.05, 0.1) is 5.92 Å². The van der Waals surface area contributed by atoms with Crippen LogP contribution in [0.5, 0.6) is 0 Å². The number of hydrogen-bond donors (Lipinski definition) is 2. The molecule has 35 heavy (non-hydrogen) atoms. The van der Waals surface area contributed by atoms with Gasteiger partial charge in [0.2, 0.25) is 5.91 Å². The summed E-state index contributed by atoms with van der Waals surface area (Å²) >= 11 is 0. The first-order chi connectivity index (χ1) is 16.7. The number of amides is 2. The predicted octanol–water partition coefficient (Wildman–Crippen LogP) is 4.80. The van der Waals surface area contributed by atoms with Gasteiger partial charge in [-0.25, -0.2) is 4.79 Å². The largest absolute Gasteiger partial charge is 0.481 e. The van der Waals surface area contributed by atoms with Crippen LogP contribution in [0.25, 0.3) is 11.1 Å². The van der Waals surface area contributed by atoms with Crippen molar-refractivity contribution in [1.29, 1.82) is 0 Å². The highest BCUT2D eigenvalue weighted by Crippen LogP contribution is 2.44. The summed E-state index contributed by atoms with van der Waals surface area (Å²) in [5.74, 6) is -1.51. The molecule has 2 aromatic carbocycles. The van der Waals surface area contributed by atoms with E-state index in [0.717, 1.165) is 22.3 Å². The Morgan fingerprint density at radius 2 is 1.69 bits per heavy atom. The summed E-state index contributed by atoms with van der Waals surface area (Å²) < 4.78 is 5.70. The van der Waals surface area contributed by atoms with Crippen LogP contribution in [0.4, 0.5) is 4.79 Å². The SMILES string of the molecule is CCCC(C)(NC(=O)OCC1c2ccccc2-c2ccccc21)C(=O)N1CC[C@H](C(=O)O)C[C@@H]1C. The van der Waals surface area contributed by atoms with E-state index in [2.05, 4.69) is 29.6 Å². The lowest BCUT2D eigenvalue weighted by Crippen LogP contribution is -2.61. The fraction of sp³-hybridized carbons (Fsp3) is 0.464. The van der Waals surface area contributed by atoms with E-state index in [1.165, 1.54) is 0 Å².